The third-order valence-corrected chi connectivity index (χ3v) is 19.8. The van der Waals surface area contributed by atoms with Crippen molar-refractivity contribution in [3.05, 3.63) is 259 Å². The van der Waals surface area contributed by atoms with Crippen LogP contribution in [-0.4, -0.2) is 0 Å². The fraction of sp³-hybridized carbons (Fsp3) is 0.416. The number of rotatable bonds is 9. The van der Waals surface area contributed by atoms with Crippen LogP contribution >= 0.6 is 0 Å². The molecule has 0 spiro atoms. The molecular weight excluding hydrogens is 1110 g/mol. The van der Waals surface area contributed by atoms with E-state index in [9.17, 15) is 8.78 Å². The van der Waals surface area contributed by atoms with Crippen molar-refractivity contribution in [3.63, 3.8) is 0 Å². The quantitative estimate of drug-likeness (QED) is 0.126. The lowest BCUT2D eigenvalue weighted by Gasteiger charge is -2.26. The predicted octanol–water partition coefficient (Wildman–Crippen LogP) is 23.4. The summed E-state index contributed by atoms with van der Waals surface area (Å²) in [5, 5.41) is 0. The first-order chi connectivity index (χ1) is 44.2. The summed E-state index contributed by atoms with van der Waals surface area (Å²) in [6.45, 7) is 17.7. The molecule has 4 fully saturated rings. The summed E-state index contributed by atoms with van der Waals surface area (Å²) < 4.78 is 28.7. The van der Waals surface area contributed by atoms with E-state index in [1.807, 2.05) is 80.6 Å². The highest BCUT2D eigenvalue weighted by molar-refractivity contribution is 5.47. The smallest absolute Gasteiger partial charge is 0.139 e. The minimum Gasteiger partial charge on any atom is -0.206 e. The molecule has 0 heterocycles. The van der Waals surface area contributed by atoms with Gasteiger partial charge in [-0.1, -0.05) is 247 Å². The highest BCUT2D eigenvalue weighted by Crippen LogP contribution is 2.37. The molecule has 7 aromatic rings. The van der Waals surface area contributed by atoms with Crippen molar-refractivity contribution in [2.75, 3.05) is 0 Å². The zero-order chi connectivity index (χ0) is 64.2. The predicted molar refractivity (Wildman–Crippen MR) is 383 cm³/mol. The summed E-state index contributed by atoms with van der Waals surface area (Å²) in [5.41, 5.74) is 14.7. The largest absolute Gasteiger partial charge is 0.206 e. The third kappa shape index (κ3) is 24.8. The third-order valence-electron chi connectivity index (χ3n) is 19.8. The molecule has 7 aromatic carbocycles. The molecule has 472 valence electrons. The Bertz CT molecular complexity index is 3590. The van der Waals surface area contributed by atoms with Crippen molar-refractivity contribution in [3.8, 4) is 47.4 Å². The number of hydrogen-bond donors (Lipinski definition) is 0. The Balaban J connectivity index is 0.000000157. The molecule has 0 nitrogen and oxygen atoms in total. The fourth-order valence-corrected chi connectivity index (χ4v) is 13.1. The summed E-state index contributed by atoms with van der Waals surface area (Å²) in [7, 11) is 0. The minimum atomic E-state index is -0.200. The lowest BCUT2D eigenvalue weighted by atomic mass is 9.79. The topological polar surface area (TPSA) is 0 Å². The summed E-state index contributed by atoms with van der Waals surface area (Å²) >= 11 is 0. The minimum absolute atomic E-state index is 0.194. The number of hydrogen-bond acceptors (Lipinski definition) is 0. The van der Waals surface area contributed by atoms with Crippen LogP contribution in [0.15, 0.2) is 170 Å². The first kappa shape index (κ1) is 69.3. The number of halogens is 2. The molecule has 0 unspecified atom stereocenters. The maximum absolute atomic E-state index is 14.3. The maximum Gasteiger partial charge on any atom is 0.139 e. The van der Waals surface area contributed by atoms with Gasteiger partial charge in [0.2, 0.25) is 0 Å². The van der Waals surface area contributed by atoms with Gasteiger partial charge in [-0.05, 0) is 247 Å². The van der Waals surface area contributed by atoms with Crippen LogP contribution in [0.5, 0.6) is 0 Å². The Hall–Kier alpha value is -7.62. The Morgan fingerprint density at radius 1 is 0.363 bits per heavy atom. The van der Waals surface area contributed by atoms with E-state index in [2.05, 4.69) is 180 Å². The van der Waals surface area contributed by atoms with Crippen molar-refractivity contribution < 1.29 is 8.78 Å². The molecule has 2 heteroatoms. The SMILES string of the molecule is CCC1CCC(/C=C/C#Cc2ccc(C)cc2)CC1.Cc1ccc(C#Cc2ccc(C3CCC(C)CC3)cc2F)cc1.Cc1ccc(C#Cc2ccc(CCC3CCC(C)CC3)cc2)cc1.Cc1ccc(C#Cc2ccc(CCC3CCC(C)CC3)cc2F)cc1. The molecule has 0 bridgehead atoms. The highest BCUT2D eigenvalue weighted by atomic mass is 19.1. The number of benzene rings is 7. The van der Waals surface area contributed by atoms with Crippen LogP contribution in [0.3, 0.4) is 0 Å². The molecule has 4 aliphatic carbocycles. The van der Waals surface area contributed by atoms with Crippen molar-refractivity contribution >= 4 is 0 Å². The molecular formula is C89H102F2. The molecule has 4 aliphatic rings. The zero-order valence-electron chi connectivity index (χ0n) is 56.4. The molecule has 11 rings (SSSR count). The lowest BCUT2D eigenvalue weighted by molar-refractivity contribution is 0.277. The standard InChI is InChI=1S/C24H27F.C24H28.C22H23F.C19H24/c1-18-3-7-20(8-4-18)11-12-22-14-16-23(24(25)17-22)15-13-21-9-5-19(2)6-10-21;1-19-3-7-21(8-4-19)11-13-23-15-17-24(18-16-23)14-12-22-9-5-20(2)6-10-22;1-16-3-7-18(8-4-16)9-12-20-13-14-21(15-22(20)23)19-10-5-17(2)6-11-19;1-3-17-12-14-19(15-13-17)7-5-4-6-18-10-8-16(2)9-11-18/h5-6,9-10,14,16-18,20H,3-4,7-8,11-12H2,1-2H3;3-4,7-8,15-18,20,22H,5-6,9-10,12,14H2,1-2H3;3-4,7-8,13-15,17,19H,5-6,10-11H2,1-2H3;5,7-11,17,19H,3,12-15H2,1-2H3/b;;;7-5+. The molecule has 0 amide bonds. The van der Waals surface area contributed by atoms with Crippen LogP contribution in [0.1, 0.15) is 233 Å². The lowest BCUT2D eigenvalue weighted by Crippen LogP contribution is -2.12. The molecule has 0 aromatic heterocycles. The second-order valence-electron chi connectivity index (χ2n) is 27.6. The van der Waals surface area contributed by atoms with Crippen LogP contribution in [0.25, 0.3) is 0 Å². The van der Waals surface area contributed by atoms with Crippen LogP contribution < -0.4 is 0 Å². The number of allylic oxidation sites excluding steroid dienone is 2. The van der Waals surface area contributed by atoms with Gasteiger partial charge in [-0.15, -0.1) is 0 Å². The van der Waals surface area contributed by atoms with E-state index in [4.69, 9.17) is 0 Å². The summed E-state index contributed by atoms with van der Waals surface area (Å²) in [4.78, 5) is 0. The van der Waals surface area contributed by atoms with E-state index >= 15 is 0 Å². The van der Waals surface area contributed by atoms with Gasteiger partial charge in [-0.2, -0.15) is 0 Å². The fourth-order valence-electron chi connectivity index (χ4n) is 13.1. The number of aryl methyl sites for hydroxylation is 6. The zero-order valence-corrected chi connectivity index (χ0v) is 56.4. The van der Waals surface area contributed by atoms with E-state index < -0.39 is 0 Å². The van der Waals surface area contributed by atoms with Gasteiger partial charge < -0.3 is 0 Å². The van der Waals surface area contributed by atoms with E-state index in [-0.39, 0.29) is 11.6 Å². The normalized spacial score (nSPS) is 20.9. The Labute approximate surface area is 550 Å². The second-order valence-corrected chi connectivity index (χ2v) is 27.6. The first-order valence-electron chi connectivity index (χ1n) is 34.9. The van der Waals surface area contributed by atoms with Crippen molar-refractivity contribution in [1.82, 2.24) is 0 Å². The molecule has 0 saturated heterocycles. The molecule has 0 atom stereocenters. The van der Waals surface area contributed by atoms with E-state index in [1.54, 1.807) is 12.1 Å². The van der Waals surface area contributed by atoms with Gasteiger partial charge in [0.25, 0.3) is 0 Å². The van der Waals surface area contributed by atoms with Gasteiger partial charge >= 0.3 is 0 Å². The molecule has 4 saturated carbocycles. The second kappa shape index (κ2) is 37.0. The molecule has 0 N–H and O–H groups in total. The van der Waals surface area contributed by atoms with Gasteiger partial charge in [0.05, 0.1) is 11.1 Å². The Morgan fingerprint density at radius 3 is 1.13 bits per heavy atom. The Morgan fingerprint density at radius 2 is 0.714 bits per heavy atom. The monoisotopic (exact) mass is 1210 g/mol. The van der Waals surface area contributed by atoms with Crippen molar-refractivity contribution in [1.29, 1.82) is 0 Å². The molecule has 0 aliphatic heterocycles. The van der Waals surface area contributed by atoms with Crippen molar-refractivity contribution in [2.24, 2.45) is 41.4 Å². The molecule has 91 heavy (non-hydrogen) atoms. The van der Waals surface area contributed by atoms with E-state index in [0.717, 1.165) is 86.8 Å². The van der Waals surface area contributed by atoms with Gasteiger partial charge in [0.15, 0.2) is 0 Å². The first-order valence-corrected chi connectivity index (χ1v) is 34.9. The Kier molecular flexibility index (Phi) is 28.2. The molecule has 0 radical (unpaired) electrons. The maximum atomic E-state index is 14.3. The van der Waals surface area contributed by atoms with Gasteiger partial charge in [0, 0.05) is 27.8 Å². The average Bonchev–Trinajstić information content (AvgIpc) is 1.75. The summed E-state index contributed by atoms with van der Waals surface area (Å²) in [5.74, 6) is 31.2. The van der Waals surface area contributed by atoms with Crippen LogP contribution in [0, 0.1) is 128 Å². The van der Waals surface area contributed by atoms with Gasteiger partial charge in [0.1, 0.15) is 11.6 Å². The summed E-state index contributed by atoms with van der Waals surface area (Å²) in [6, 6.07) is 52.7. The van der Waals surface area contributed by atoms with E-state index in [1.165, 1.54) is 156 Å². The van der Waals surface area contributed by atoms with Gasteiger partial charge in [-0.25, -0.2) is 8.78 Å². The average molecular weight is 1210 g/mol. The van der Waals surface area contributed by atoms with Crippen LogP contribution in [0.2, 0.25) is 0 Å². The highest BCUT2D eigenvalue weighted by Gasteiger charge is 2.22. The van der Waals surface area contributed by atoms with E-state index in [0.29, 0.717) is 17.0 Å². The van der Waals surface area contributed by atoms with Gasteiger partial charge in [-0.3, -0.25) is 0 Å². The van der Waals surface area contributed by atoms with Crippen molar-refractivity contribution in [2.45, 2.75) is 196 Å². The summed E-state index contributed by atoms with van der Waals surface area (Å²) in [6.07, 6.45) is 31.9. The van der Waals surface area contributed by atoms with Crippen LogP contribution in [-0.2, 0) is 12.8 Å². The van der Waals surface area contributed by atoms with Crippen LogP contribution in [0.4, 0.5) is 8.78 Å².